The van der Waals surface area contributed by atoms with E-state index in [1.54, 1.807) is 30.3 Å². The molecular formula is C45H56ClN9O10. The van der Waals surface area contributed by atoms with Crippen LogP contribution in [0.25, 0.3) is 0 Å². The minimum Gasteiger partial charge on any atom is -0.387 e. The van der Waals surface area contributed by atoms with Crippen LogP contribution in [-0.4, -0.2) is 158 Å². The highest BCUT2D eigenvalue weighted by Gasteiger charge is 2.45. The number of fused-ring (bicyclic) bond motifs is 2. The summed E-state index contributed by atoms with van der Waals surface area (Å²) in [7, 11) is 0. The average molecular weight is 918 g/mol. The maximum Gasteiger partial charge on any atom is 0.264 e. The molecule has 2 fully saturated rings. The number of anilines is 2. The van der Waals surface area contributed by atoms with E-state index in [2.05, 4.69) is 43.1 Å². The summed E-state index contributed by atoms with van der Waals surface area (Å²) in [5, 5.41) is 22.5. The number of rotatable bonds is 22. The molecule has 4 heterocycles. The number of halogens is 1. The van der Waals surface area contributed by atoms with Crippen molar-refractivity contribution in [1.29, 1.82) is 0 Å². The summed E-state index contributed by atoms with van der Waals surface area (Å²) < 4.78 is 16.8. The van der Waals surface area contributed by atoms with Crippen LogP contribution in [0.5, 0.6) is 0 Å². The molecule has 3 aliphatic heterocycles. The number of carbonyl (C=O) groups is 6. The Morgan fingerprint density at radius 3 is 2.32 bits per heavy atom. The van der Waals surface area contributed by atoms with Crippen molar-refractivity contribution >= 4 is 58.5 Å². The number of aromatic nitrogens is 2. The number of carbonyl (C=O) groups excluding carboxylic acids is 6. The van der Waals surface area contributed by atoms with Gasteiger partial charge in [-0.25, -0.2) is 9.97 Å². The van der Waals surface area contributed by atoms with E-state index in [0.717, 1.165) is 21.8 Å². The smallest absolute Gasteiger partial charge is 0.264 e. The van der Waals surface area contributed by atoms with Crippen LogP contribution in [0.4, 0.5) is 11.5 Å². The third-order valence-corrected chi connectivity index (χ3v) is 12.2. The van der Waals surface area contributed by atoms with Crippen molar-refractivity contribution in [3.8, 4) is 0 Å². The van der Waals surface area contributed by atoms with Gasteiger partial charge in [0.15, 0.2) is 0 Å². The molecule has 19 nitrogen and oxygen atoms in total. The van der Waals surface area contributed by atoms with E-state index in [9.17, 15) is 33.9 Å². The molecule has 1 aliphatic carbocycles. The molecule has 2 unspecified atom stereocenters. The number of amides is 6. The fraction of sp³-hybridized carbons (Fsp3) is 0.511. The molecule has 20 heteroatoms. The second-order valence-electron chi connectivity index (χ2n) is 16.3. The molecule has 4 atom stereocenters. The first-order chi connectivity index (χ1) is 31.5. The van der Waals surface area contributed by atoms with Crippen LogP contribution in [0.3, 0.4) is 0 Å². The standard InChI is InChI=1S/C45H56ClN9O10/c1-28-25-35(56)40-38(28)41(51-27-50-40)53-15-17-54(18-16-53)43(60)32(29-5-7-30(46)8-6-29)26-47-12-11-36(57)49-14-20-64-22-24-65-23-21-63-19-13-48-33-4-2-3-31-39(33)45(62)55(44(31)61)34-9-10-37(58)52-42(34)59/h2-8,27-28,32,34-35,47-48,56H,9-26H2,1H3,(H,49,57)(H,52,58,59)/t28-,32?,34?,35-/m1/s1. The van der Waals surface area contributed by atoms with E-state index in [1.165, 1.54) is 6.33 Å². The van der Waals surface area contributed by atoms with Gasteiger partial charge >= 0.3 is 0 Å². The fourth-order valence-electron chi connectivity index (χ4n) is 8.62. The van der Waals surface area contributed by atoms with Crippen molar-refractivity contribution in [2.24, 2.45) is 0 Å². The lowest BCUT2D eigenvalue weighted by atomic mass is 9.97. The van der Waals surface area contributed by atoms with Gasteiger partial charge in [-0.1, -0.05) is 36.7 Å². The minimum atomic E-state index is -1.03. The molecule has 348 valence electrons. The van der Waals surface area contributed by atoms with E-state index in [4.69, 9.17) is 25.8 Å². The zero-order chi connectivity index (χ0) is 45.9. The van der Waals surface area contributed by atoms with Crippen LogP contribution in [0.15, 0.2) is 48.8 Å². The Morgan fingerprint density at radius 1 is 0.892 bits per heavy atom. The molecule has 6 amide bonds. The Hall–Kier alpha value is -5.57. The van der Waals surface area contributed by atoms with E-state index in [0.29, 0.717) is 115 Å². The summed E-state index contributed by atoms with van der Waals surface area (Å²) in [6, 6.07) is 11.1. The summed E-state index contributed by atoms with van der Waals surface area (Å²) in [6.45, 7) is 7.71. The zero-order valence-corrected chi connectivity index (χ0v) is 37.1. The largest absolute Gasteiger partial charge is 0.387 e. The second-order valence-corrected chi connectivity index (χ2v) is 16.7. The van der Waals surface area contributed by atoms with E-state index >= 15 is 0 Å². The molecule has 65 heavy (non-hydrogen) atoms. The van der Waals surface area contributed by atoms with Crippen molar-refractivity contribution in [2.45, 2.75) is 56.6 Å². The number of aliphatic hydroxyl groups excluding tert-OH is 1. The van der Waals surface area contributed by atoms with Gasteiger partial charge in [0.1, 0.15) is 18.2 Å². The summed E-state index contributed by atoms with van der Waals surface area (Å²) >= 11 is 6.17. The molecule has 0 spiro atoms. The van der Waals surface area contributed by atoms with Gasteiger partial charge in [0.05, 0.1) is 68.5 Å². The third-order valence-electron chi connectivity index (χ3n) is 12.0. The van der Waals surface area contributed by atoms with Crippen molar-refractivity contribution in [3.05, 3.63) is 81.8 Å². The predicted octanol–water partition coefficient (Wildman–Crippen LogP) is 1.76. The van der Waals surface area contributed by atoms with Crippen molar-refractivity contribution in [3.63, 3.8) is 0 Å². The molecule has 7 rings (SSSR count). The number of piperazine rings is 1. The number of hydrogen-bond donors (Lipinski definition) is 5. The van der Waals surface area contributed by atoms with Crippen LogP contribution >= 0.6 is 11.6 Å². The molecular weight excluding hydrogens is 862 g/mol. The number of benzene rings is 2. The number of ether oxygens (including phenoxy) is 3. The molecule has 0 radical (unpaired) electrons. The first-order valence-electron chi connectivity index (χ1n) is 22.1. The highest BCUT2D eigenvalue weighted by molar-refractivity contribution is 6.30. The topological polar surface area (TPSA) is 234 Å². The third kappa shape index (κ3) is 11.6. The SMILES string of the molecule is C[C@@H]1C[C@@H](O)c2ncnc(N3CCN(C(=O)C(CNCCC(=O)NCCOCCOCCOCCNc4cccc5c4C(=O)N(C4CCC(=O)NC4=O)C5=O)c4ccc(Cl)cc4)CC3)c21. The lowest BCUT2D eigenvalue weighted by molar-refractivity contribution is -0.136. The van der Waals surface area contributed by atoms with Crippen molar-refractivity contribution < 1.29 is 48.1 Å². The Labute approximate surface area is 381 Å². The number of imide groups is 2. The number of hydrogen-bond acceptors (Lipinski definition) is 15. The first-order valence-corrected chi connectivity index (χ1v) is 22.5. The maximum atomic E-state index is 14.0. The highest BCUT2D eigenvalue weighted by atomic mass is 35.5. The van der Waals surface area contributed by atoms with Crippen LogP contribution in [0, 0.1) is 0 Å². The predicted molar refractivity (Wildman–Crippen MR) is 238 cm³/mol. The molecule has 5 N–H and O–H groups in total. The van der Waals surface area contributed by atoms with E-state index in [-0.39, 0.29) is 48.1 Å². The van der Waals surface area contributed by atoms with Gasteiger partial charge in [0.2, 0.25) is 23.6 Å². The van der Waals surface area contributed by atoms with Crippen LogP contribution in [0.1, 0.15) is 88.1 Å². The van der Waals surface area contributed by atoms with E-state index < -0.39 is 41.7 Å². The molecule has 0 saturated carbocycles. The quantitative estimate of drug-likeness (QED) is 0.0714. The lowest BCUT2D eigenvalue weighted by Gasteiger charge is -2.38. The number of nitrogens with zero attached hydrogens (tertiary/aromatic N) is 5. The Morgan fingerprint density at radius 2 is 1.60 bits per heavy atom. The van der Waals surface area contributed by atoms with Gasteiger partial charge in [0, 0.05) is 81.5 Å². The van der Waals surface area contributed by atoms with Crippen LogP contribution in [-0.2, 0) is 33.4 Å². The van der Waals surface area contributed by atoms with Crippen molar-refractivity contribution in [2.75, 3.05) is 102 Å². The average Bonchev–Trinajstić information content (AvgIpc) is 3.74. The molecule has 2 saturated heterocycles. The van der Waals surface area contributed by atoms with Crippen molar-refractivity contribution in [1.82, 2.24) is 35.7 Å². The molecule has 2 aromatic carbocycles. The van der Waals surface area contributed by atoms with Crippen LogP contribution < -0.4 is 26.2 Å². The fourth-order valence-corrected chi connectivity index (χ4v) is 8.74. The minimum absolute atomic E-state index is 0.00268. The zero-order valence-electron chi connectivity index (χ0n) is 36.4. The molecule has 4 aliphatic rings. The van der Waals surface area contributed by atoms with Gasteiger partial charge in [-0.15, -0.1) is 0 Å². The number of piperidine rings is 1. The summed E-state index contributed by atoms with van der Waals surface area (Å²) in [5.74, 6) is -1.85. The molecule has 3 aromatic rings. The number of aliphatic hydroxyl groups is 1. The lowest BCUT2D eigenvalue weighted by Crippen LogP contribution is -2.54. The maximum absolute atomic E-state index is 14.0. The molecule has 1 aromatic heterocycles. The second kappa shape index (κ2) is 22.6. The normalized spacial score (nSPS) is 19.9. The van der Waals surface area contributed by atoms with Gasteiger partial charge in [-0.2, -0.15) is 0 Å². The van der Waals surface area contributed by atoms with Crippen LogP contribution in [0.2, 0.25) is 5.02 Å². The Bertz CT molecular complexity index is 2210. The Kier molecular flexibility index (Phi) is 16.4. The number of nitrogens with one attached hydrogen (secondary N) is 4. The first kappa shape index (κ1) is 47.4. The highest BCUT2D eigenvalue weighted by Crippen LogP contribution is 2.43. The Balaban J connectivity index is 0.725. The molecule has 0 bridgehead atoms. The van der Waals surface area contributed by atoms with Gasteiger partial charge in [0.25, 0.3) is 11.8 Å². The van der Waals surface area contributed by atoms with Gasteiger partial charge in [-0.05, 0) is 48.6 Å². The van der Waals surface area contributed by atoms with Gasteiger partial charge < -0.3 is 45.1 Å². The summed E-state index contributed by atoms with van der Waals surface area (Å²) in [4.78, 5) is 90.6. The van der Waals surface area contributed by atoms with Gasteiger partial charge in [-0.3, -0.25) is 39.0 Å². The van der Waals surface area contributed by atoms with E-state index in [1.807, 2.05) is 17.0 Å². The monoisotopic (exact) mass is 917 g/mol. The summed E-state index contributed by atoms with van der Waals surface area (Å²) in [6.07, 6.45) is 1.91. The summed E-state index contributed by atoms with van der Waals surface area (Å²) in [5.41, 5.74) is 3.37.